The van der Waals surface area contributed by atoms with E-state index >= 15 is 0 Å². The zero-order valence-electron chi connectivity index (χ0n) is 12.9. The summed E-state index contributed by atoms with van der Waals surface area (Å²) < 4.78 is 0. The van der Waals surface area contributed by atoms with Gasteiger partial charge < -0.3 is 10.6 Å². The molecule has 8 heteroatoms. The number of thiophene rings is 2. The van der Waals surface area contributed by atoms with Gasteiger partial charge in [0.05, 0.1) is 23.5 Å². The summed E-state index contributed by atoms with van der Waals surface area (Å²) in [5.41, 5.74) is 0.838. The molecule has 3 heterocycles. The number of carbonyl (C=O) groups is 2. The standard InChI is InChI=1S/C16H15N3O2S3/c1-10(20)17-8-12-4-5-14(24-12)13-9-23-16(18-13)19-15(21)7-11-3-2-6-22-11/h2-6,9H,7-8H2,1H3,(H,17,20)(H,18,19,21). The van der Waals surface area contributed by atoms with Crippen LogP contribution in [-0.2, 0) is 22.6 Å². The lowest BCUT2D eigenvalue weighted by atomic mass is 10.3. The van der Waals surface area contributed by atoms with Gasteiger partial charge in [-0.1, -0.05) is 6.07 Å². The topological polar surface area (TPSA) is 71.1 Å². The quantitative estimate of drug-likeness (QED) is 0.687. The van der Waals surface area contributed by atoms with Crippen LogP contribution in [0.2, 0.25) is 0 Å². The Hall–Kier alpha value is -2.03. The second kappa shape index (κ2) is 7.69. The third kappa shape index (κ3) is 4.50. The first kappa shape index (κ1) is 16.8. The van der Waals surface area contributed by atoms with Crippen molar-refractivity contribution in [3.63, 3.8) is 0 Å². The van der Waals surface area contributed by atoms with Gasteiger partial charge in [0.2, 0.25) is 11.8 Å². The fourth-order valence-electron chi connectivity index (χ4n) is 2.00. The van der Waals surface area contributed by atoms with E-state index in [1.165, 1.54) is 18.3 Å². The van der Waals surface area contributed by atoms with Crippen molar-refractivity contribution in [2.24, 2.45) is 0 Å². The van der Waals surface area contributed by atoms with Gasteiger partial charge in [0.25, 0.3) is 0 Å². The fourth-order valence-corrected chi connectivity index (χ4v) is 4.41. The summed E-state index contributed by atoms with van der Waals surface area (Å²) in [6.45, 7) is 2.02. The number of nitrogens with zero attached hydrogens (tertiary/aromatic N) is 1. The van der Waals surface area contributed by atoms with Crippen LogP contribution in [0.3, 0.4) is 0 Å². The molecule has 2 amide bonds. The van der Waals surface area contributed by atoms with Crippen LogP contribution in [0.5, 0.6) is 0 Å². The summed E-state index contributed by atoms with van der Waals surface area (Å²) in [5, 5.41) is 10.1. The first-order valence-corrected chi connectivity index (χ1v) is 9.79. The summed E-state index contributed by atoms with van der Waals surface area (Å²) in [6.07, 6.45) is 0.368. The molecule has 124 valence electrons. The summed E-state index contributed by atoms with van der Waals surface area (Å²) >= 11 is 4.56. The van der Waals surface area contributed by atoms with E-state index in [9.17, 15) is 9.59 Å². The van der Waals surface area contributed by atoms with Gasteiger partial charge in [-0.05, 0) is 23.6 Å². The molecule has 0 unspecified atom stereocenters. The maximum absolute atomic E-state index is 12.0. The fraction of sp³-hybridized carbons (Fsp3) is 0.188. The molecule has 0 atom stereocenters. The van der Waals surface area contributed by atoms with Crippen molar-refractivity contribution in [3.8, 4) is 10.6 Å². The van der Waals surface area contributed by atoms with Crippen molar-refractivity contribution in [2.45, 2.75) is 19.9 Å². The number of hydrogen-bond acceptors (Lipinski definition) is 6. The van der Waals surface area contributed by atoms with E-state index in [2.05, 4.69) is 15.6 Å². The summed E-state index contributed by atoms with van der Waals surface area (Å²) in [5.74, 6) is -0.106. The van der Waals surface area contributed by atoms with E-state index in [1.54, 1.807) is 22.7 Å². The second-order valence-electron chi connectivity index (χ2n) is 5.02. The zero-order chi connectivity index (χ0) is 16.9. The molecule has 3 aromatic heterocycles. The van der Waals surface area contributed by atoms with Gasteiger partial charge in [-0.2, -0.15) is 0 Å². The van der Waals surface area contributed by atoms with Crippen LogP contribution in [-0.4, -0.2) is 16.8 Å². The molecule has 0 bridgehead atoms. The lowest BCUT2D eigenvalue weighted by Gasteiger charge is -1.99. The Morgan fingerprint density at radius 2 is 2.04 bits per heavy atom. The molecule has 0 aliphatic rings. The Kier molecular flexibility index (Phi) is 5.39. The van der Waals surface area contributed by atoms with E-state index in [-0.39, 0.29) is 11.8 Å². The number of hydrogen-bond donors (Lipinski definition) is 2. The summed E-state index contributed by atoms with van der Waals surface area (Å²) in [6, 6.07) is 7.84. The molecular weight excluding hydrogens is 362 g/mol. The van der Waals surface area contributed by atoms with E-state index in [0.717, 1.165) is 20.3 Å². The van der Waals surface area contributed by atoms with Crippen LogP contribution in [0, 0.1) is 0 Å². The molecule has 0 fully saturated rings. The third-order valence-electron chi connectivity index (χ3n) is 3.09. The van der Waals surface area contributed by atoms with Crippen LogP contribution < -0.4 is 10.6 Å². The molecule has 24 heavy (non-hydrogen) atoms. The van der Waals surface area contributed by atoms with Crippen LogP contribution >= 0.6 is 34.0 Å². The SMILES string of the molecule is CC(=O)NCc1ccc(-c2csc(NC(=O)Cc3cccs3)n2)s1. The van der Waals surface area contributed by atoms with Crippen LogP contribution in [0.1, 0.15) is 16.7 Å². The highest BCUT2D eigenvalue weighted by Crippen LogP contribution is 2.30. The van der Waals surface area contributed by atoms with E-state index in [4.69, 9.17) is 0 Å². The lowest BCUT2D eigenvalue weighted by Crippen LogP contribution is -2.17. The van der Waals surface area contributed by atoms with Crippen LogP contribution in [0.4, 0.5) is 5.13 Å². The Labute approximate surface area is 151 Å². The predicted octanol–water partition coefficient (Wildman–Crippen LogP) is 3.75. The molecule has 0 saturated heterocycles. The minimum Gasteiger partial charge on any atom is -0.351 e. The van der Waals surface area contributed by atoms with Gasteiger partial charge in [0.1, 0.15) is 0 Å². The number of amides is 2. The average molecular weight is 378 g/mol. The first-order chi connectivity index (χ1) is 11.6. The van der Waals surface area contributed by atoms with E-state index < -0.39 is 0 Å². The maximum Gasteiger partial charge on any atom is 0.231 e. The van der Waals surface area contributed by atoms with Gasteiger partial charge in [-0.15, -0.1) is 34.0 Å². The number of anilines is 1. The smallest absolute Gasteiger partial charge is 0.231 e. The number of carbonyl (C=O) groups excluding carboxylic acids is 2. The molecule has 0 aliphatic carbocycles. The number of thiazole rings is 1. The molecule has 3 rings (SSSR count). The zero-order valence-corrected chi connectivity index (χ0v) is 15.3. The molecule has 0 saturated carbocycles. The van der Waals surface area contributed by atoms with Gasteiger partial charge in [0.15, 0.2) is 5.13 Å². The minimum absolute atomic E-state index is 0.0469. The highest BCUT2D eigenvalue weighted by Gasteiger charge is 2.11. The monoisotopic (exact) mass is 377 g/mol. The Morgan fingerprint density at radius 1 is 1.17 bits per heavy atom. The highest BCUT2D eigenvalue weighted by molar-refractivity contribution is 7.17. The van der Waals surface area contributed by atoms with Crippen molar-refractivity contribution in [3.05, 3.63) is 44.8 Å². The lowest BCUT2D eigenvalue weighted by molar-refractivity contribution is -0.119. The second-order valence-corrected chi connectivity index (χ2v) is 8.08. The molecule has 0 spiro atoms. The summed E-state index contributed by atoms with van der Waals surface area (Å²) in [7, 11) is 0. The minimum atomic E-state index is -0.0594. The normalized spacial score (nSPS) is 10.5. The van der Waals surface area contributed by atoms with Crippen molar-refractivity contribution in [1.82, 2.24) is 10.3 Å². The molecule has 2 N–H and O–H groups in total. The Balaban J connectivity index is 1.60. The van der Waals surface area contributed by atoms with Gasteiger partial charge in [-0.3, -0.25) is 9.59 Å². The molecular formula is C16H15N3O2S3. The number of nitrogens with one attached hydrogen (secondary N) is 2. The molecule has 3 aromatic rings. The largest absolute Gasteiger partial charge is 0.351 e. The van der Waals surface area contributed by atoms with Gasteiger partial charge in [-0.25, -0.2) is 4.98 Å². The van der Waals surface area contributed by atoms with E-state index in [0.29, 0.717) is 18.1 Å². The molecule has 0 aliphatic heterocycles. The first-order valence-electron chi connectivity index (χ1n) is 7.21. The van der Waals surface area contributed by atoms with Crippen LogP contribution in [0.15, 0.2) is 35.0 Å². The van der Waals surface area contributed by atoms with Crippen molar-refractivity contribution in [2.75, 3.05) is 5.32 Å². The average Bonchev–Trinajstić information content (AvgIpc) is 3.26. The number of rotatable bonds is 6. The van der Waals surface area contributed by atoms with E-state index in [1.807, 2.05) is 35.0 Å². The molecule has 0 aromatic carbocycles. The third-order valence-corrected chi connectivity index (χ3v) is 5.83. The summed E-state index contributed by atoms with van der Waals surface area (Å²) in [4.78, 5) is 30.5. The Morgan fingerprint density at radius 3 is 2.79 bits per heavy atom. The maximum atomic E-state index is 12.0. The predicted molar refractivity (Wildman–Crippen MR) is 99.6 cm³/mol. The molecule has 5 nitrogen and oxygen atoms in total. The van der Waals surface area contributed by atoms with Gasteiger partial charge >= 0.3 is 0 Å². The van der Waals surface area contributed by atoms with Gasteiger partial charge in [0, 0.05) is 22.1 Å². The molecule has 0 radical (unpaired) electrons. The Bertz CT molecular complexity index is 837. The highest BCUT2D eigenvalue weighted by atomic mass is 32.1. The van der Waals surface area contributed by atoms with Crippen molar-refractivity contribution < 1.29 is 9.59 Å². The van der Waals surface area contributed by atoms with Crippen LogP contribution in [0.25, 0.3) is 10.6 Å². The van der Waals surface area contributed by atoms with Crippen molar-refractivity contribution >= 4 is 51.0 Å². The number of aromatic nitrogens is 1. The van der Waals surface area contributed by atoms with Crippen molar-refractivity contribution in [1.29, 1.82) is 0 Å².